The highest BCUT2D eigenvalue weighted by Crippen LogP contribution is 2.22. The lowest BCUT2D eigenvalue weighted by molar-refractivity contribution is -0.138. The third-order valence-electron chi connectivity index (χ3n) is 5.65. The zero-order valence-electron chi connectivity index (χ0n) is 18.5. The topological polar surface area (TPSA) is 53.1 Å². The van der Waals surface area contributed by atoms with Crippen molar-refractivity contribution in [1.82, 2.24) is 14.7 Å². The average Bonchev–Trinajstić information content (AvgIpc) is 2.73. The quantitative estimate of drug-likeness (QED) is 0.758. The lowest BCUT2D eigenvalue weighted by Gasteiger charge is -2.38. The first kappa shape index (κ1) is 22.3. The Bertz CT molecular complexity index is 726. The molecular formula is C24H35N3O3. The molecule has 3 rings (SSSR count). The van der Waals surface area contributed by atoms with E-state index in [9.17, 15) is 9.59 Å². The van der Waals surface area contributed by atoms with E-state index in [1.165, 1.54) is 5.56 Å². The fourth-order valence-corrected chi connectivity index (χ4v) is 3.95. The lowest BCUT2D eigenvalue weighted by atomic mass is 9.95. The van der Waals surface area contributed by atoms with Crippen molar-refractivity contribution in [1.29, 1.82) is 0 Å². The van der Waals surface area contributed by atoms with Crippen molar-refractivity contribution in [2.24, 2.45) is 5.92 Å². The van der Waals surface area contributed by atoms with Gasteiger partial charge in [-0.1, -0.05) is 42.5 Å². The second-order valence-electron chi connectivity index (χ2n) is 9.18. The Morgan fingerprint density at radius 3 is 2.20 bits per heavy atom. The van der Waals surface area contributed by atoms with E-state index in [0.717, 1.165) is 45.6 Å². The number of carbonyl (C=O) groups excluding carboxylic acids is 2. The van der Waals surface area contributed by atoms with Crippen molar-refractivity contribution in [2.75, 3.05) is 45.8 Å². The van der Waals surface area contributed by atoms with Crippen molar-refractivity contribution in [2.45, 2.75) is 39.2 Å². The summed E-state index contributed by atoms with van der Waals surface area (Å²) in [6.07, 6.45) is 5.51. The van der Waals surface area contributed by atoms with E-state index in [-0.39, 0.29) is 17.9 Å². The number of piperidine rings is 1. The van der Waals surface area contributed by atoms with Crippen molar-refractivity contribution in [3.63, 3.8) is 0 Å². The largest absolute Gasteiger partial charge is 0.444 e. The summed E-state index contributed by atoms with van der Waals surface area (Å²) in [4.78, 5) is 31.2. The normalized spacial score (nSPS) is 19.3. The summed E-state index contributed by atoms with van der Waals surface area (Å²) in [6.45, 7) is 11.1. The van der Waals surface area contributed by atoms with Crippen LogP contribution in [-0.2, 0) is 9.53 Å². The molecule has 6 nitrogen and oxygen atoms in total. The van der Waals surface area contributed by atoms with Gasteiger partial charge in [0.2, 0.25) is 5.91 Å². The highest BCUT2D eigenvalue weighted by molar-refractivity contribution is 5.79. The van der Waals surface area contributed by atoms with Gasteiger partial charge >= 0.3 is 6.09 Å². The number of amides is 2. The second-order valence-corrected chi connectivity index (χ2v) is 9.18. The van der Waals surface area contributed by atoms with Crippen LogP contribution in [0, 0.1) is 5.92 Å². The van der Waals surface area contributed by atoms with Gasteiger partial charge in [-0.2, -0.15) is 0 Å². The van der Waals surface area contributed by atoms with E-state index in [1.807, 2.05) is 43.9 Å². The third kappa shape index (κ3) is 6.59. The Hall–Kier alpha value is -2.34. The number of ether oxygens (including phenoxy) is 1. The molecule has 0 unspecified atom stereocenters. The molecule has 0 N–H and O–H groups in total. The minimum atomic E-state index is -0.486. The average molecular weight is 414 g/mol. The fourth-order valence-electron chi connectivity index (χ4n) is 3.95. The first-order valence-corrected chi connectivity index (χ1v) is 11.0. The first-order chi connectivity index (χ1) is 14.3. The summed E-state index contributed by atoms with van der Waals surface area (Å²) in [6, 6.07) is 10.3. The molecule has 1 aromatic rings. The van der Waals surface area contributed by atoms with Gasteiger partial charge in [0.25, 0.3) is 0 Å². The molecular weight excluding hydrogens is 378 g/mol. The van der Waals surface area contributed by atoms with Crippen molar-refractivity contribution < 1.29 is 14.3 Å². The number of hydrogen-bond acceptors (Lipinski definition) is 4. The van der Waals surface area contributed by atoms with Crippen LogP contribution in [0.2, 0.25) is 0 Å². The minimum Gasteiger partial charge on any atom is -0.444 e. The maximum Gasteiger partial charge on any atom is 0.410 e. The van der Waals surface area contributed by atoms with Gasteiger partial charge in [-0.15, -0.1) is 0 Å². The first-order valence-electron chi connectivity index (χ1n) is 11.0. The molecule has 164 valence electrons. The van der Waals surface area contributed by atoms with E-state index >= 15 is 0 Å². The molecule has 2 saturated heterocycles. The number of rotatable bonds is 4. The van der Waals surface area contributed by atoms with Crippen LogP contribution in [-0.4, -0.2) is 78.1 Å². The molecule has 0 bridgehead atoms. The number of benzene rings is 1. The summed E-state index contributed by atoms with van der Waals surface area (Å²) in [5.41, 5.74) is 0.726. The monoisotopic (exact) mass is 413 g/mol. The highest BCUT2D eigenvalue weighted by atomic mass is 16.6. The van der Waals surface area contributed by atoms with Gasteiger partial charge in [0, 0.05) is 51.7 Å². The van der Waals surface area contributed by atoms with Crippen molar-refractivity contribution >= 4 is 18.1 Å². The molecule has 0 atom stereocenters. The number of nitrogens with zero attached hydrogens (tertiary/aromatic N) is 3. The molecule has 1 aromatic carbocycles. The van der Waals surface area contributed by atoms with Gasteiger partial charge in [0.15, 0.2) is 0 Å². The van der Waals surface area contributed by atoms with E-state index in [1.54, 1.807) is 4.90 Å². The fraction of sp³-hybridized carbons (Fsp3) is 0.583. The van der Waals surface area contributed by atoms with Gasteiger partial charge in [-0.25, -0.2) is 4.79 Å². The van der Waals surface area contributed by atoms with Crippen LogP contribution in [0.5, 0.6) is 0 Å². The maximum atomic E-state index is 12.9. The predicted octanol–water partition coefficient (Wildman–Crippen LogP) is 3.49. The number of likely N-dealkylation sites (tertiary alicyclic amines) is 1. The molecule has 6 heteroatoms. The predicted molar refractivity (Wildman–Crippen MR) is 119 cm³/mol. The molecule has 0 spiro atoms. The smallest absolute Gasteiger partial charge is 0.410 e. The summed E-state index contributed by atoms with van der Waals surface area (Å²) in [5, 5.41) is 0. The molecule has 30 heavy (non-hydrogen) atoms. The van der Waals surface area contributed by atoms with Crippen molar-refractivity contribution in [3.05, 3.63) is 42.0 Å². The van der Waals surface area contributed by atoms with Crippen LogP contribution < -0.4 is 0 Å². The molecule has 0 radical (unpaired) electrons. The van der Waals surface area contributed by atoms with Gasteiger partial charge in [0.05, 0.1) is 0 Å². The lowest BCUT2D eigenvalue weighted by Crippen LogP contribution is -2.52. The van der Waals surface area contributed by atoms with Gasteiger partial charge in [-0.3, -0.25) is 9.69 Å². The number of carbonyl (C=O) groups is 2. The molecule has 2 heterocycles. The number of hydrogen-bond donors (Lipinski definition) is 0. The zero-order chi connectivity index (χ0) is 21.6. The highest BCUT2D eigenvalue weighted by Gasteiger charge is 2.32. The number of piperazine rings is 1. The summed E-state index contributed by atoms with van der Waals surface area (Å²) in [5.74, 6) is 0.270. The summed E-state index contributed by atoms with van der Waals surface area (Å²) >= 11 is 0. The van der Waals surface area contributed by atoms with Crippen LogP contribution in [0.25, 0.3) is 6.08 Å². The maximum absolute atomic E-state index is 12.9. The SMILES string of the molecule is CC(C)(C)OC(=O)N1CCC(C(=O)N2CCN(CC=Cc3ccccc3)CC2)CC1. The van der Waals surface area contributed by atoms with Crippen LogP contribution in [0.15, 0.2) is 36.4 Å². The Balaban J connectivity index is 1.38. The minimum absolute atomic E-state index is 0.0215. The van der Waals surface area contributed by atoms with Gasteiger partial charge in [0.1, 0.15) is 5.60 Å². The molecule has 2 aliphatic heterocycles. The zero-order valence-corrected chi connectivity index (χ0v) is 18.5. The molecule has 0 saturated carbocycles. The van der Waals surface area contributed by atoms with Crippen LogP contribution >= 0.6 is 0 Å². The van der Waals surface area contributed by atoms with E-state index in [0.29, 0.717) is 13.1 Å². The Morgan fingerprint density at radius 1 is 0.967 bits per heavy atom. The summed E-state index contributed by atoms with van der Waals surface area (Å²) in [7, 11) is 0. The van der Waals surface area contributed by atoms with E-state index in [2.05, 4.69) is 29.2 Å². The molecule has 0 aromatic heterocycles. The molecule has 0 aliphatic carbocycles. The van der Waals surface area contributed by atoms with Crippen LogP contribution in [0.4, 0.5) is 4.79 Å². The Kier molecular flexibility index (Phi) is 7.53. The standard InChI is InChI=1S/C24H35N3O3/c1-24(2,3)30-23(29)27-14-11-21(12-15-27)22(28)26-18-16-25(17-19-26)13-7-10-20-8-5-4-6-9-20/h4-10,21H,11-19H2,1-3H3. The van der Waals surface area contributed by atoms with Crippen molar-refractivity contribution in [3.8, 4) is 0 Å². The molecule has 2 aliphatic rings. The van der Waals surface area contributed by atoms with Crippen LogP contribution in [0.1, 0.15) is 39.2 Å². The van der Waals surface area contributed by atoms with E-state index in [4.69, 9.17) is 4.74 Å². The third-order valence-corrected chi connectivity index (χ3v) is 5.65. The molecule has 2 amide bonds. The van der Waals surface area contributed by atoms with E-state index < -0.39 is 5.60 Å². The van der Waals surface area contributed by atoms with Gasteiger partial charge < -0.3 is 14.5 Å². The van der Waals surface area contributed by atoms with Gasteiger partial charge in [-0.05, 0) is 39.2 Å². The Morgan fingerprint density at radius 2 is 1.60 bits per heavy atom. The molecule has 2 fully saturated rings. The summed E-state index contributed by atoms with van der Waals surface area (Å²) < 4.78 is 5.44. The Labute approximate surface area is 180 Å². The second kappa shape index (κ2) is 10.1. The van der Waals surface area contributed by atoms with Crippen LogP contribution in [0.3, 0.4) is 0 Å².